The summed E-state index contributed by atoms with van der Waals surface area (Å²) in [7, 11) is 0. The molecule has 1 atom stereocenters. The zero-order valence-electron chi connectivity index (χ0n) is 30.3. The van der Waals surface area contributed by atoms with Crippen molar-refractivity contribution in [3.05, 3.63) is 58.7 Å². The molecule has 2 aromatic carbocycles. The van der Waals surface area contributed by atoms with Crippen LogP contribution in [0.1, 0.15) is 200 Å². The lowest BCUT2D eigenvalue weighted by molar-refractivity contribution is 0.264. The van der Waals surface area contributed by atoms with E-state index < -0.39 is 0 Å². The fraction of sp³-hybridized carbons (Fsp3) is 0.721. The highest BCUT2D eigenvalue weighted by atomic mass is 14.5. The third-order valence-corrected chi connectivity index (χ3v) is 12.2. The van der Waals surface area contributed by atoms with Crippen molar-refractivity contribution in [2.75, 3.05) is 0 Å². The van der Waals surface area contributed by atoms with Crippen LogP contribution in [0, 0.1) is 5.92 Å². The van der Waals surface area contributed by atoms with Crippen LogP contribution in [0.25, 0.3) is 11.1 Å². The van der Waals surface area contributed by atoms with Crippen LogP contribution < -0.4 is 0 Å². The smallest absolute Gasteiger partial charge is 0.0215 e. The molecular formula is C43H70. The molecule has 0 aliphatic heterocycles. The second-order valence-corrected chi connectivity index (χ2v) is 15.2. The van der Waals surface area contributed by atoms with E-state index in [0.29, 0.717) is 0 Å². The van der Waals surface area contributed by atoms with E-state index in [1.807, 2.05) is 0 Å². The van der Waals surface area contributed by atoms with Gasteiger partial charge in [-0.1, -0.05) is 189 Å². The molecule has 1 aliphatic carbocycles. The first-order valence-electron chi connectivity index (χ1n) is 19.0. The van der Waals surface area contributed by atoms with Crippen molar-refractivity contribution < 1.29 is 0 Å². The van der Waals surface area contributed by atoms with E-state index in [4.69, 9.17) is 0 Å². The van der Waals surface area contributed by atoms with Crippen molar-refractivity contribution in [1.29, 1.82) is 0 Å². The summed E-state index contributed by atoms with van der Waals surface area (Å²) in [4.78, 5) is 0. The van der Waals surface area contributed by atoms with E-state index >= 15 is 0 Å². The third-order valence-electron chi connectivity index (χ3n) is 12.2. The van der Waals surface area contributed by atoms with E-state index in [1.165, 1.54) is 127 Å². The summed E-state index contributed by atoms with van der Waals surface area (Å²) in [6.07, 6.45) is 24.0. The Morgan fingerprint density at radius 1 is 0.535 bits per heavy atom. The Hall–Kier alpha value is -1.56. The van der Waals surface area contributed by atoms with Crippen LogP contribution in [0.3, 0.4) is 0 Å². The van der Waals surface area contributed by atoms with Gasteiger partial charge in [0.15, 0.2) is 0 Å². The maximum Gasteiger partial charge on any atom is 0.0215 e. The second-order valence-electron chi connectivity index (χ2n) is 15.2. The number of unbranched alkanes of at least 4 members (excludes halogenated alkanes) is 10. The summed E-state index contributed by atoms with van der Waals surface area (Å²) in [5.41, 5.74) is 10.1. The Bertz CT molecular complexity index is 1080. The van der Waals surface area contributed by atoms with Crippen LogP contribution in [0.2, 0.25) is 0 Å². The summed E-state index contributed by atoms with van der Waals surface area (Å²) < 4.78 is 0. The van der Waals surface area contributed by atoms with Crippen LogP contribution in [0.5, 0.6) is 0 Å². The normalized spacial score (nSPS) is 15.5. The average molecular weight is 587 g/mol. The van der Waals surface area contributed by atoms with Crippen LogP contribution in [0.4, 0.5) is 0 Å². The molecule has 0 bridgehead atoms. The molecule has 43 heavy (non-hydrogen) atoms. The van der Waals surface area contributed by atoms with Gasteiger partial charge in [-0.25, -0.2) is 0 Å². The van der Waals surface area contributed by atoms with Crippen molar-refractivity contribution in [2.24, 2.45) is 5.92 Å². The van der Waals surface area contributed by atoms with Gasteiger partial charge in [-0.3, -0.25) is 0 Å². The fourth-order valence-electron chi connectivity index (χ4n) is 8.47. The van der Waals surface area contributed by atoms with Crippen molar-refractivity contribution in [2.45, 2.75) is 194 Å². The lowest BCUT2D eigenvalue weighted by atomic mass is 9.65. The minimum atomic E-state index is 0.151. The molecule has 0 radical (unpaired) electrons. The van der Waals surface area contributed by atoms with E-state index in [2.05, 4.69) is 98.7 Å². The van der Waals surface area contributed by atoms with Gasteiger partial charge >= 0.3 is 0 Å². The Kier molecular flexibility index (Phi) is 13.9. The first kappa shape index (κ1) is 35.9. The summed E-state index contributed by atoms with van der Waals surface area (Å²) in [5, 5.41) is 0. The monoisotopic (exact) mass is 587 g/mol. The van der Waals surface area contributed by atoms with E-state index in [9.17, 15) is 0 Å². The molecule has 0 spiro atoms. The number of hydrogen-bond donors (Lipinski definition) is 0. The number of hydrogen-bond acceptors (Lipinski definition) is 0. The molecular weight excluding hydrogens is 516 g/mol. The van der Waals surface area contributed by atoms with Gasteiger partial charge in [0.2, 0.25) is 0 Å². The largest absolute Gasteiger partial charge is 0.0654 e. The molecule has 0 saturated heterocycles. The van der Waals surface area contributed by atoms with Crippen LogP contribution in [0.15, 0.2) is 36.4 Å². The zero-order chi connectivity index (χ0) is 31.5. The van der Waals surface area contributed by atoms with Crippen molar-refractivity contribution in [3.8, 4) is 11.1 Å². The van der Waals surface area contributed by atoms with Crippen LogP contribution in [-0.4, -0.2) is 0 Å². The lowest BCUT2D eigenvalue weighted by Crippen LogP contribution is -2.32. The van der Waals surface area contributed by atoms with Crippen molar-refractivity contribution in [3.63, 3.8) is 0 Å². The highest BCUT2D eigenvalue weighted by Crippen LogP contribution is 2.56. The number of benzene rings is 2. The summed E-state index contributed by atoms with van der Waals surface area (Å²) in [5.74, 6) is 0.725. The molecule has 3 rings (SSSR count). The van der Waals surface area contributed by atoms with Gasteiger partial charge in [-0.05, 0) is 75.8 Å². The topological polar surface area (TPSA) is 0 Å². The molecule has 0 nitrogen and oxygen atoms in total. The van der Waals surface area contributed by atoms with Crippen molar-refractivity contribution >= 4 is 0 Å². The van der Waals surface area contributed by atoms with E-state index in [-0.39, 0.29) is 16.2 Å². The first-order chi connectivity index (χ1) is 20.7. The number of rotatable bonds is 21. The SMILES string of the molecule is CCCCCCCCC1(CCCCCCCC)c2cc(C(C)(C)CC)ccc2-c2ccc(C(C)(CC)C(CC)CC)cc21. The van der Waals surface area contributed by atoms with Gasteiger partial charge in [-0.15, -0.1) is 0 Å². The minimum absolute atomic E-state index is 0.151. The third kappa shape index (κ3) is 8.00. The van der Waals surface area contributed by atoms with E-state index in [0.717, 1.165) is 5.92 Å². The molecule has 0 amide bonds. The van der Waals surface area contributed by atoms with Gasteiger partial charge < -0.3 is 0 Å². The van der Waals surface area contributed by atoms with E-state index in [1.54, 1.807) is 22.3 Å². The lowest BCUT2D eigenvalue weighted by Gasteiger charge is -2.39. The summed E-state index contributed by atoms with van der Waals surface area (Å²) in [6, 6.07) is 15.5. The van der Waals surface area contributed by atoms with Gasteiger partial charge in [0.25, 0.3) is 0 Å². The van der Waals surface area contributed by atoms with Gasteiger partial charge in [0.05, 0.1) is 0 Å². The predicted octanol–water partition coefficient (Wildman–Crippen LogP) is 14.2. The molecule has 1 unspecified atom stereocenters. The Labute approximate surface area is 269 Å². The molecule has 242 valence electrons. The molecule has 1 aliphatic rings. The Balaban J connectivity index is 2.15. The Morgan fingerprint density at radius 2 is 0.977 bits per heavy atom. The van der Waals surface area contributed by atoms with Crippen LogP contribution >= 0.6 is 0 Å². The quantitative estimate of drug-likeness (QED) is 0.128. The van der Waals surface area contributed by atoms with Gasteiger partial charge in [-0.2, -0.15) is 0 Å². The predicted molar refractivity (Wildman–Crippen MR) is 194 cm³/mol. The summed E-state index contributed by atoms with van der Waals surface area (Å²) in [6.45, 7) is 21.7. The van der Waals surface area contributed by atoms with Crippen LogP contribution in [-0.2, 0) is 16.2 Å². The summed E-state index contributed by atoms with van der Waals surface area (Å²) >= 11 is 0. The maximum absolute atomic E-state index is 2.75. The highest BCUT2D eigenvalue weighted by Gasteiger charge is 2.44. The highest BCUT2D eigenvalue weighted by molar-refractivity contribution is 5.82. The Morgan fingerprint density at radius 3 is 1.42 bits per heavy atom. The fourth-order valence-corrected chi connectivity index (χ4v) is 8.47. The molecule has 0 N–H and O–H groups in total. The standard InChI is InChI=1S/C43H70/c1-10-16-18-20-22-24-30-43(31-25-23-21-19-17-11-2)39-32-35(41(7,8)14-5)26-28-37(39)38-29-27-36(33-40(38)43)42(9,15-6)34(12-3)13-4/h26-29,32-34H,10-25,30-31H2,1-9H3. The molecule has 2 aromatic rings. The van der Waals surface area contributed by atoms with Crippen molar-refractivity contribution in [1.82, 2.24) is 0 Å². The second kappa shape index (κ2) is 16.7. The molecule has 0 fully saturated rings. The molecule has 0 heteroatoms. The maximum atomic E-state index is 2.75. The first-order valence-corrected chi connectivity index (χ1v) is 19.0. The van der Waals surface area contributed by atoms with Gasteiger partial charge in [0.1, 0.15) is 0 Å². The number of fused-ring (bicyclic) bond motifs is 3. The minimum Gasteiger partial charge on any atom is -0.0654 e. The average Bonchev–Trinajstić information content (AvgIpc) is 3.29. The molecule has 0 heterocycles. The molecule has 0 aromatic heterocycles. The van der Waals surface area contributed by atoms with Gasteiger partial charge in [0, 0.05) is 5.41 Å². The molecule has 0 saturated carbocycles. The zero-order valence-corrected chi connectivity index (χ0v) is 30.3.